The first kappa shape index (κ1) is 12.9. The second-order valence-corrected chi connectivity index (χ2v) is 6.44. The molecule has 1 aliphatic heterocycles. The summed E-state index contributed by atoms with van der Waals surface area (Å²) in [6, 6.07) is 4.35. The second-order valence-electron chi connectivity index (χ2n) is 6.44. The Morgan fingerprint density at radius 1 is 1.21 bits per heavy atom. The van der Waals surface area contributed by atoms with Crippen molar-refractivity contribution in [3.8, 4) is 0 Å². The summed E-state index contributed by atoms with van der Waals surface area (Å²) in [5.74, 6) is 1.67. The fourth-order valence-electron chi connectivity index (χ4n) is 3.33. The van der Waals surface area contributed by atoms with Gasteiger partial charge in [0.05, 0.1) is 5.69 Å². The fourth-order valence-corrected chi connectivity index (χ4v) is 3.33. The predicted octanol–water partition coefficient (Wildman–Crippen LogP) is 2.32. The molecule has 4 heteroatoms. The fraction of sp³-hybridized carbons (Fsp3) is 0.733. The first-order chi connectivity index (χ1) is 9.17. The van der Waals surface area contributed by atoms with Crippen molar-refractivity contribution in [1.82, 2.24) is 15.5 Å². The van der Waals surface area contributed by atoms with E-state index in [-0.39, 0.29) is 5.54 Å². The highest BCUT2D eigenvalue weighted by Gasteiger charge is 2.31. The Kier molecular flexibility index (Phi) is 3.44. The van der Waals surface area contributed by atoms with Gasteiger partial charge in [0.2, 0.25) is 0 Å². The molecule has 0 spiro atoms. The molecule has 1 saturated heterocycles. The normalized spacial score (nSPS) is 23.8. The van der Waals surface area contributed by atoms with Gasteiger partial charge in [0.1, 0.15) is 0 Å². The predicted molar refractivity (Wildman–Crippen MR) is 77.5 cm³/mol. The van der Waals surface area contributed by atoms with Gasteiger partial charge in [-0.25, -0.2) is 0 Å². The van der Waals surface area contributed by atoms with Crippen LogP contribution in [0.25, 0.3) is 0 Å². The zero-order valence-electron chi connectivity index (χ0n) is 12.0. The topological polar surface area (TPSA) is 41.0 Å². The van der Waals surface area contributed by atoms with Gasteiger partial charge in [0, 0.05) is 31.1 Å². The van der Waals surface area contributed by atoms with Crippen LogP contribution in [0.5, 0.6) is 0 Å². The molecule has 1 aromatic rings. The van der Waals surface area contributed by atoms with Gasteiger partial charge in [-0.15, -0.1) is 5.10 Å². The Hall–Kier alpha value is -1.16. The van der Waals surface area contributed by atoms with Crippen molar-refractivity contribution < 1.29 is 0 Å². The molecule has 0 amide bonds. The van der Waals surface area contributed by atoms with E-state index in [1.54, 1.807) is 0 Å². The van der Waals surface area contributed by atoms with Crippen LogP contribution < -0.4 is 10.2 Å². The van der Waals surface area contributed by atoms with Crippen LogP contribution in [-0.4, -0.2) is 35.4 Å². The van der Waals surface area contributed by atoms with E-state index in [2.05, 4.69) is 46.4 Å². The van der Waals surface area contributed by atoms with Crippen LogP contribution in [0.15, 0.2) is 12.1 Å². The Morgan fingerprint density at radius 2 is 2.00 bits per heavy atom. The minimum absolute atomic E-state index is 0.113. The molecule has 104 valence electrons. The molecule has 2 heterocycles. The number of anilines is 1. The zero-order valence-corrected chi connectivity index (χ0v) is 12.0. The summed E-state index contributed by atoms with van der Waals surface area (Å²) in [5.41, 5.74) is 1.30. The molecule has 1 aliphatic carbocycles. The number of piperazine rings is 1. The highest BCUT2D eigenvalue weighted by molar-refractivity contribution is 5.42. The van der Waals surface area contributed by atoms with Crippen molar-refractivity contribution in [1.29, 1.82) is 0 Å². The standard InChI is InChI=1S/C15H24N4/c1-15(2)11-16-9-10-19(15)14-8-7-13(17-18-14)12-5-3-4-6-12/h7-8,12,16H,3-6,9-11H2,1-2H3. The molecule has 0 unspecified atom stereocenters. The summed E-state index contributed by atoms with van der Waals surface area (Å²) in [6.07, 6.45) is 5.26. The highest BCUT2D eigenvalue weighted by atomic mass is 15.3. The van der Waals surface area contributed by atoms with Crippen molar-refractivity contribution in [3.05, 3.63) is 17.8 Å². The summed E-state index contributed by atoms with van der Waals surface area (Å²) < 4.78 is 0. The summed E-state index contributed by atoms with van der Waals surface area (Å²) >= 11 is 0. The van der Waals surface area contributed by atoms with E-state index in [0.29, 0.717) is 5.92 Å². The summed E-state index contributed by atoms with van der Waals surface area (Å²) in [5, 5.41) is 12.4. The van der Waals surface area contributed by atoms with Crippen LogP contribution in [0.1, 0.15) is 51.1 Å². The molecule has 0 radical (unpaired) electrons. The number of nitrogens with zero attached hydrogens (tertiary/aromatic N) is 3. The van der Waals surface area contributed by atoms with Crippen LogP contribution >= 0.6 is 0 Å². The lowest BCUT2D eigenvalue weighted by Crippen LogP contribution is -2.58. The molecule has 0 atom stereocenters. The number of nitrogens with one attached hydrogen (secondary N) is 1. The molecule has 3 rings (SSSR count). The van der Waals surface area contributed by atoms with Gasteiger partial charge in [0.15, 0.2) is 5.82 Å². The van der Waals surface area contributed by atoms with Crippen molar-refractivity contribution in [3.63, 3.8) is 0 Å². The third-order valence-electron chi connectivity index (χ3n) is 4.52. The quantitative estimate of drug-likeness (QED) is 0.886. The minimum Gasteiger partial charge on any atom is -0.347 e. The SMILES string of the molecule is CC1(C)CNCCN1c1ccc(C2CCCC2)nn1. The average Bonchev–Trinajstić information content (AvgIpc) is 2.92. The van der Waals surface area contributed by atoms with Crippen molar-refractivity contribution in [2.75, 3.05) is 24.5 Å². The number of rotatable bonds is 2. The maximum atomic E-state index is 4.49. The van der Waals surface area contributed by atoms with E-state index in [0.717, 1.165) is 25.5 Å². The molecule has 1 saturated carbocycles. The lowest BCUT2D eigenvalue weighted by molar-refractivity contribution is 0.376. The first-order valence-electron chi connectivity index (χ1n) is 7.49. The minimum atomic E-state index is 0.113. The number of aromatic nitrogens is 2. The Bertz CT molecular complexity index is 420. The smallest absolute Gasteiger partial charge is 0.151 e. The lowest BCUT2D eigenvalue weighted by Gasteiger charge is -2.43. The van der Waals surface area contributed by atoms with E-state index in [1.165, 1.54) is 31.4 Å². The van der Waals surface area contributed by atoms with Crippen LogP contribution in [-0.2, 0) is 0 Å². The summed E-state index contributed by atoms with van der Waals surface area (Å²) in [7, 11) is 0. The van der Waals surface area contributed by atoms with Crippen molar-refractivity contribution >= 4 is 5.82 Å². The molecule has 19 heavy (non-hydrogen) atoms. The van der Waals surface area contributed by atoms with Crippen LogP contribution in [0.2, 0.25) is 0 Å². The Morgan fingerprint density at radius 3 is 2.63 bits per heavy atom. The van der Waals surface area contributed by atoms with Crippen molar-refractivity contribution in [2.45, 2.75) is 51.0 Å². The molecule has 2 aliphatic rings. The molecular weight excluding hydrogens is 236 g/mol. The zero-order chi connectivity index (χ0) is 13.3. The van der Waals surface area contributed by atoms with E-state index in [4.69, 9.17) is 0 Å². The molecule has 2 fully saturated rings. The van der Waals surface area contributed by atoms with Gasteiger partial charge < -0.3 is 10.2 Å². The van der Waals surface area contributed by atoms with E-state index in [9.17, 15) is 0 Å². The molecule has 0 bridgehead atoms. The Labute approximate surface area is 115 Å². The summed E-state index contributed by atoms with van der Waals surface area (Å²) in [6.45, 7) is 7.54. The average molecular weight is 260 g/mol. The molecule has 0 aromatic carbocycles. The highest BCUT2D eigenvalue weighted by Crippen LogP contribution is 2.33. The van der Waals surface area contributed by atoms with Gasteiger partial charge in [-0.3, -0.25) is 0 Å². The third-order valence-corrected chi connectivity index (χ3v) is 4.52. The lowest BCUT2D eigenvalue weighted by atomic mass is 10.00. The van der Waals surface area contributed by atoms with Crippen LogP contribution in [0.4, 0.5) is 5.82 Å². The van der Waals surface area contributed by atoms with E-state index in [1.807, 2.05) is 0 Å². The van der Waals surface area contributed by atoms with Gasteiger partial charge in [-0.1, -0.05) is 12.8 Å². The maximum absolute atomic E-state index is 4.49. The van der Waals surface area contributed by atoms with Crippen LogP contribution in [0.3, 0.4) is 0 Å². The molecule has 4 nitrogen and oxygen atoms in total. The first-order valence-corrected chi connectivity index (χ1v) is 7.49. The van der Waals surface area contributed by atoms with Gasteiger partial charge in [-0.05, 0) is 38.8 Å². The molecule has 1 N–H and O–H groups in total. The second kappa shape index (κ2) is 5.08. The van der Waals surface area contributed by atoms with Gasteiger partial charge >= 0.3 is 0 Å². The number of hydrogen-bond acceptors (Lipinski definition) is 4. The van der Waals surface area contributed by atoms with Gasteiger partial charge in [-0.2, -0.15) is 5.10 Å². The third kappa shape index (κ3) is 2.59. The molecular formula is C15H24N4. The number of hydrogen-bond donors (Lipinski definition) is 1. The van der Waals surface area contributed by atoms with Crippen LogP contribution in [0, 0.1) is 0 Å². The van der Waals surface area contributed by atoms with Gasteiger partial charge in [0.25, 0.3) is 0 Å². The van der Waals surface area contributed by atoms with Crippen molar-refractivity contribution in [2.24, 2.45) is 0 Å². The van der Waals surface area contributed by atoms with E-state index < -0.39 is 0 Å². The monoisotopic (exact) mass is 260 g/mol. The Balaban J connectivity index is 1.77. The summed E-state index contributed by atoms with van der Waals surface area (Å²) in [4.78, 5) is 2.37. The molecule has 1 aromatic heterocycles. The van der Waals surface area contributed by atoms with E-state index >= 15 is 0 Å². The largest absolute Gasteiger partial charge is 0.347 e. The maximum Gasteiger partial charge on any atom is 0.151 e.